The molecule has 0 aliphatic rings. The van der Waals surface area contributed by atoms with Gasteiger partial charge < -0.3 is 20.1 Å². The van der Waals surface area contributed by atoms with Gasteiger partial charge in [-0.2, -0.15) is 0 Å². The van der Waals surface area contributed by atoms with E-state index < -0.39 is 40.5 Å². The summed E-state index contributed by atoms with van der Waals surface area (Å²) < 4.78 is -0.542. The predicted octanol–water partition coefficient (Wildman–Crippen LogP) is 4.15. The van der Waals surface area contributed by atoms with E-state index in [9.17, 15) is 29.7 Å². The van der Waals surface area contributed by atoms with E-state index in [1.54, 1.807) is 0 Å². The molecular weight excluding hydrogens is 410 g/mol. The van der Waals surface area contributed by atoms with Crippen molar-refractivity contribution in [2.45, 2.75) is 122 Å². The number of carbonyl (C=O) groups excluding carboxylic acids is 1. The number of carbonyl (C=O) groups is 3. The number of hydrogen-bond donors (Lipinski definition) is 2. The number of rotatable bonds is 21. The molecule has 0 bridgehead atoms. The summed E-state index contributed by atoms with van der Waals surface area (Å²) in [6.07, 6.45) is 16.5. The van der Waals surface area contributed by atoms with Gasteiger partial charge in [0.2, 0.25) is 0 Å². The molecule has 0 saturated carbocycles. The lowest BCUT2D eigenvalue weighted by Gasteiger charge is -2.49. The Morgan fingerprint density at radius 1 is 0.719 bits per heavy atom. The zero-order valence-corrected chi connectivity index (χ0v) is 20.4. The van der Waals surface area contributed by atoms with Gasteiger partial charge in [0.05, 0.1) is 12.5 Å². The summed E-state index contributed by atoms with van der Waals surface area (Å²) in [5.74, 6) is -3.83. The standard InChI is InChI=1S/C25H45NO6/c1-5-6-7-8-9-10-11-12-13-14-15-16-17-18-19-26(20(2)23(27)28,21(3)24(29)30)22(4)25(31)32/h5,20-22H,1,6-19H2,2-4H3,(H2-,27,28,29,30,31,32). The first-order valence-electron chi connectivity index (χ1n) is 12.3. The summed E-state index contributed by atoms with van der Waals surface area (Å²) in [4.78, 5) is 35.1. The van der Waals surface area contributed by atoms with Gasteiger partial charge in [-0.3, -0.25) is 4.48 Å². The lowest BCUT2D eigenvalue weighted by atomic mass is 10.00. The summed E-state index contributed by atoms with van der Waals surface area (Å²) in [6.45, 7) is 8.05. The van der Waals surface area contributed by atoms with Crippen LogP contribution in [0.15, 0.2) is 12.7 Å². The van der Waals surface area contributed by atoms with Crippen molar-refractivity contribution in [3.8, 4) is 0 Å². The normalized spacial score (nSPS) is 16.0. The lowest BCUT2D eigenvalue weighted by molar-refractivity contribution is -0.969. The van der Waals surface area contributed by atoms with Crippen LogP contribution in [0.5, 0.6) is 0 Å². The average molecular weight is 456 g/mol. The van der Waals surface area contributed by atoms with Gasteiger partial charge in [0, 0.05) is 0 Å². The summed E-state index contributed by atoms with van der Waals surface area (Å²) >= 11 is 0. The number of quaternary nitrogens is 1. The SMILES string of the molecule is C=CCCCCCCCCCCCCCC[N+](C(C)C(=O)[O-])(C(C)C(=O)O)C(C)C(=O)O. The Balaban J connectivity index is 4.46. The molecule has 0 fully saturated rings. The second-order valence-electron chi connectivity index (χ2n) is 9.06. The number of nitrogens with zero attached hydrogens (tertiary/aromatic N) is 1. The highest BCUT2D eigenvalue weighted by Crippen LogP contribution is 2.27. The Hall–Kier alpha value is -1.89. The smallest absolute Gasteiger partial charge is 0.362 e. The number of carboxylic acid groups (broad SMARTS) is 3. The third-order valence-corrected chi connectivity index (χ3v) is 6.92. The first kappa shape index (κ1) is 30.1. The molecule has 3 unspecified atom stereocenters. The third-order valence-electron chi connectivity index (χ3n) is 6.92. The van der Waals surface area contributed by atoms with Crippen molar-refractivity contribution < 1.29 is 34.2 Å². The molecule has 0 radical (unpaired) electrons. The maximum atomic E-state index is 11.7. The number of carboxylic acids is 3. The zero-order valence-electron chi connectivity index (χ0n) is 20.4. The summed E-state index contributed by atoms with van der Waals surface area (Å²) in [6, 6.07) is -3.56. The molecule has 0 aromatic carbocycles. The van der Waals surface area contributed by atoms with E-state index in [0.29, 0.717) is 6.42 Å². The second-order valence-corrected chi connectivity index (χ2v) is 9.06. The molecule has 7 heteroatoms. The number of unbranched alkanes of at least 4 members (excludes halogenated alkanes) is 12. The molecule has 3 atom stereocenters. The van der Waals surface area contributed by atoms with Gasteiger partial charge in [-0.15, -0.1) is 6.58 Å². The molecule has 0 spiro atoms. The Labute approximate surface area is 194 Å². The molecule has 0 rings (SSSR count). The van der Waals surface area contributed by atoms with E-state index in [1.165, 1.54) is 65.7 Å². The fraction of sp³-hybridized carbons (Fsp3) is 0.800. The molecule has 186 valence electrons. The second kappa shape index (κ2) is 16.7. The van der Waals surface area contributed by atoms with Crippen LogP contribution in [-0.2, 0) is 14.4 Å². The molecule has 2 N–H and O–H groups in total. The summed E-state index contributed by atoms with van der Waals surface area (Å²) in [7, 11) is 0. The minimum absolute atomic E-state index is 0.182. The fourth-order valence-electron chi connectivity index (χ4n) is 4.64. The Morgan fingerprint density at radius 2 is 1.06 bits per heavy atom. The van der Waals surface area contributed by atoms with Gasteiger partial charge in [0.25, 0.3) is 0 Å². The molecule has 7 nitrogen and oxygen atoms in total. The molecular formula is C25H45NO6. The molecule has 32 heavy (non-hydrogen) atoms. The van der Waals surface area contributed by atoms with Gasteiger partial charge in [0.15, 0.2) is 12.1 Å². The minimum Gasteiger partial charge on any atom is -0.544 e. The molecule has 0 heterocycles. The van der Waals surface area contributed by atoms with E-state index in [2.05, 4.69) is 6.58 Å². The Bertz CT molecular complexity index is 526. The van der Waals surface area contributed by atoms with Gasteiger partial charge in [-0.25, -0.2) is 9.59 Å². The first-order valence-corrected chi connectivity index (χ1v) is 12.3. The van der Waals surface area contributed by atoms with Gasteiger partial charge >= 0.3 is 11.9 Å². The number of allylic oxidation sites excluding steroid dienone is 1. The van der Waals surface area contributed by atoms with Crippen LogP contribution in [0, 0.1) is 0 Å². The molecule has 0 aliphatic carbocycles. The number of aliphatic carboxylic acids is 3. The Kier molecular flexibility index (Phi) is 15.7. The van der Waals surface area contributed by atoms with Crippen LogP contribution in [0.4, 0.5) is 0 Å². The molecule has 0 aliphatic heterocycles. The van der Waals surface area contributed by atoms with Crippen LogP contribution in [-0.4, -0.2) is 57.3 Å². The Morgan fingerprint density at radius 3 is 1.38 bits per heavy atom. The quantitative estimate of drug-likeness (QED) is 0.153. The maximum absolute atomic E-state index is 11.7. The van der Waals surface area contributed by atoms with Crippen molar-refractivity contribution in [1.82, 2.24) is 0 Å². The largest absolute Gasteiger partial charge is 0.544 e. The van der Waals surface area contributed by atoms with Crippen LogP contribution in [0.3, 0.4) is 0 Å². The van der Waals surface area contributed by atoms with E-state index in [1.807, 2.05) is 6.08 Å². The molecule has 0 amide bonds. The van der Waals surface area contributed by atoms with Crippen LogP contribution < -0.4 is 5.11 Å². The molecule has 0 aromatic heterocycles. The van der Waals surface area contributed by atoms with Crippen molar-refractivity contribution in [1.29, 1.82) is 0 Å². The predicted molar refractivity (Wildman–Crippen MR) is 124 cm³/mol. The monoisotopic (exact) mass is 455 g/mol. The molecule has 0 saturated heterocycles. The minimum atomic E-state index is -1.42. The average Bonchev–Trinajstić information content (AvgIpc) is 2.75. The fourth-order valence-corrected chi connectivity index (χ4v) is 4.64. The van der Waals surface area contributed by atoms with Crippen molar-refractivity contribution in [3.63, 3.8) is 0 Å². The van der Waals surface area contributed by atoms with Crippen LogP contribution in [0.1, 0.15) is 104 Å². The van der Waals surface area contributed by atoms with Crippen molar-refractivity contribution in [3.05, 3.63) is 12.7 Å². The van der Waals surface area contributed by atoms with Crippen molar-refractivity contribution in [2.75, 3.05) is 6.54 Å². The zero-order chi connectivity index (χ0) is 24.6. The van der Waals surface area contributed by atoms with Gasteiger partial charge in [-0.1, -0.05) is 63.9 Å². The highest BCUT2D eigenvalue weighted by Gasteiger charge is 2.50. The van der Waals surface area contributed by atoms with Gasteiger partial charge in [0.1, 0.15) is 6.04 Å². The maximum Gasteiger partial charge on any atom is 0.362 e. The highest BCUT2D eigenvalue weighted by molar-refractivity contribution is 5.76. The van der Waals surface area contributed by atoms with E-state index >= 15 is 0 Å². The van der Waals surface area contributed by atoms with E-state index in [0.717, 1.165) is 32.1 Å². The topological polar surface area (TPSA) is 115 Å². The van der Waals surface area contributed by atoms with Gasteiger partial charge in [-0.05, 0) is 46.5 Å². The third kappa shape index (κ3) is 10.2. The van der Waals surface area contributed by atoms with Crippen LogP contribution >= 0.6 is 0 Å². The summed E-state index contributed by atoms with van der Waals surface area (Å²) in [5, 5.41) is 30.8. The van der Waals surface area contributed by atoms with E-state index in [-0.39, 0.29) is 6.54 Å². The van der Waals surface area contributed by atoms with Crippen LogP contribution in [0.25, 0.3) is 0 Å². The van der Waals surface area contributed by atoms with Crippen molar-refractivity contribution in [2.24, 2.45) is 0 Å². The highest BCUT2D eigenvalue weighted by atomic mass is 16.4. The molecule has 0 aromatic rings. The summed E-state index contributed by atoms with van der Waals surface area (Å²) in [5.41, 5.74) is 0. The first-order chi connectivity index (χ1) is 15.1. The van der Waals surface area contributed by atoms with Crippen molar-refractivity contribution >= 4 is 17.9 Å². The lowest BCUT2D eigenvalue weighted by Crippen LogP contribution is -2.72. The van der Waals surface area contributed by atoms with E-state index in [4.69, 9.17) is 0 Å². The van der Waals surface area contributed by atoms with Crippen LogP contribution in [0.2, 0.25) is 0 Å². The number of hydrogen-bond acceptors (Lipinski definition) is 4.